The number of carbonyl (C=O) groups excluding carboxylic acids is 2. The lowest BCUT2D eigenvalue weighted by atomic mass is 9.84. The number of fused-ring (bicyclic) bond motifs is 3. The molecular weight excluding hydrogens is 552 g/mol. The monoisotopic (exact) mass is 588 g/mol. The quantitative estimate of drug-likeness (QED) is 0.286. The van der Waals surface area contributed by atoms with Gasteiger partial charge in [0.05, 0.1) is 23.1 Å². The van der Waals surface area contributed by atoms with Crippen LogP contribution in [0.4, 0.5) is 5.82 Å². The summed E-state index contributed by atoms with van der Waals surface area (Å²) in [6, 6.07) is 14.1. The molecule has 0 aliphatic carbocycles. The lowest BCUT2D eigenvalue weighted by Gasteiger charge is -2.40. The molecule has 4 aromatic rings. The number of anilines is 1. The lowest BCUT2D eigenvalue weighted by molar-refractivity contribution is -0.128. The number of amides is 1. The SMILES string of the molecule is CCC1CC(C)=NN=C1C(=O)N1C2CCC1CC(c1nc3c(-c4ccc(-c5ccccc5)nc4)cnn3c(N)c1C(C)=O)C2. The van der Waals surface area contributed by atoms with Crippen molar-refractivity contribution in [3.63, 3.8) is 0 Å². The zero-order valence-electron chi connectivity index (χ0n) is 25.3. The van der Waals surface area contributed by atoms with E-state index in [0.717, 1.165) is 53.8 Å². The number of piperidine rings is 1. The topological polar surface area (TPSA) is 131 Å². The van der Waals surface area contributed by atoms with Crippen molar-refractivity contribution in [1.29, 1.82) is 0 Å². The number of hydrogen-bond acceptors (Lipinski definition) is 8. The summed E-state index contributed by atoms with van der Waals surface area (Å²) in [5.74, 6) is 0.248. The second kappa shape index (κ2) is 11.1. The average Bonchev–Trinajstić information content (AvgIpc) is 3.58. The van der Waals surface area contributed by atoms with E-state index in [1.807, 2.05) is 60.5 Å². The highest BCUT2D eigenvalue weighted by atomic mass is 16.2. The minimum Gasteiger partial charge on any atom is -0.383 e. The molecule has 1 amide bonds. The fraction of sp³-hybridized carbons (Fsp3) is 0.382. The van der Waals surface area contributed by atoms with Gasteiger partial charge in [-0.05, 0) is 58.4 Å². The summed E-state index contributed by atoms with van der Waals surface area (Å²) in [6.07, 6.45) is 8.46. The van der Waals surface area contributed by atoms with Crippen LogP contribution in [0.3, 0.4) is 0 Å². The predicted molar refractivity (Wildman–Crippen MR) is 171 cm³/mol. The van der Waals surface area contributed by atoms with Gasteiger partial charge in [0.25, 0.3) is 5.91 Å². The van der Waals surface area contributed by atoms with Crippen LogP contribution in [0.2, 0.25) is 0 Å². The van der Waals surface area contributed by atoms with Gasteiger partial charge in [-0.3, -0.25) is 14.6 Å². The first kappa shape index (κ1) is 28.1. The molecular formula is C34H36N8O2. The summed E-state index contributed by atoms with van der Waals surface area (Å²) in [7, 11) is 0. The molecule has 10 heteroatoms. The molecule has 2 fully saturated rings. The van der Waals surface area contributed by atoms with Crippen LogP contribution in [0.25, 0.3) is 28.0 Å². The number of ketones is 1. The van der Waals surface area contributed by atoms with Gasteiger partial charge in [-0.15, -0.1) is 5.10 Å². The maximum Gasteiger partial charge on any atom is 0.270 e. The number of aromatic nitrogens is 4. The standard InChI is InChI=1S/C34H36N8O2/c1-4-21-14-19(2)39-40-31(21)34(44)41-25-11-12-26(41)16-24(15-25)30-29(20(3)43)32(35)42-33(38-30)27(18-37-42)23-10-13-28(36-17-23)22-8-6-5-7-9-22/h5-10,13,17-18,21,24-26H,4,11-12,14-16,35H2,1-3H3. The fourth-order valence-electron chi connectivity index (χ4n) is 7.36. The van der Waals surface area contributed by atoms with E-state index in [1.54, 1.807) is 10.7 Å². The van der Waals surface area contributed by atoms with Crippen molar-refractivity contribution in [2.24, 2.45) is 16.1 Å². The smallest absolute Gasteiger partial charge is 0.270 e. The van der Waals surface area contributed by atoms with E-state index < -0.39 is 0 Å². The van der Waals surface area contributed by atoms with Crippen molar-refractivity contribution >= 4 is 34.6 Å². The minimum absolute atomic E-state index is 0.0123. The molecule has 3 aromatic heterocycles. The number of nitrogens with zero attached hydrogens (tertiary/aromatic N) is 7. The van der Waals surface area contributed by atoms with Gasteiger partial charge in [-0.25, -0.2) is 4.98 Å². The number of benzene rings is 1. The van der Waals surface area contributed by atoms with Crippen LogP contribution in [0.1, 0.15) is 81.3 Å². The van der Waals surface area contributed by atoms with E-state index in [2.05, 4.69) is 22.2 Å². The Bertz CT molecular complexity index is 1810. The molecule has 3 aliphatic heterocycles. The number of nitrogens with two attached hydrogens (primary N) is 1. The highest BCUT2D eigenvalue weighted by molar-refractivity contribution is 6.40. The van der Waals surface area contributed by atoms with Crippen molar-refractivity contribution in [3.8, 4) is 22.4 Å². The van der Waals surface area contributed by atoms with Crippen molar-refractivity contribution < 1.29 is 9.59 Å². The van der Waals surface area contributed by atoms with Crippen LogP contribution >= 0.6 is 0 Å². The van der Waals surface area contributed by atoms with Gasteiger partial charge in [0.2, 0.25) is 0 Å². The molecule has 2 saturated heterocycles. The van der Waals surface area contributed by atoms with E-state index in [9.17, 15) is 9.59 Å². The van der Waals surface area contributed by atoms with E-state index in [-0.39, 0.29) is 35.6 Å². The van der Waals surface area contributed by atoms with Crippen LogP contribution < -0.4 is 5.73 Å². The first-order chi connectivity index (χ1) is 21.3. The van der Waals surface area contributed by atoms with Crippen molar-refractivity contribution in [2.45, 2.75) is 77.3 Å². The van der Waals surface area contributed by atoms with Crippen LogP contribution in [0.15, 0.2) is 65.1 Å². The van der Waals surface area contributed by atoms with Crippen LogP contribution in [-0.4, -0.2) is 59.7 Å². The summed E-state index contributed by atoms with van der Waals surface area (Å²) >= 11 is 0. The molecule has 3 aliphatic rings. The first-order valence-electron chi connectivity index (χ1n) is 15.5. The van der Waals surface area contributed by atoms with Crippen LogP contribution in [0.5, 0.6) is 0 Å². The Balaban J connectivity index is 1.22. The molecule has 7 rings (SSSR count). The van der Waals surface area contributed by atoms with Gasteiger partial charge >= 0.3 is 0 Å². The fourth-order valence-corrected chi connectivity index (χ4v) is 7.36. The summed E-state index contributed by atoms with van der Waals surface area (Å²) in [6.45, 7) is 5.59. The third-order valence-corrected chi connectivity index (χ3v) is 9.53. The van der Waals surface area contributed by atoms with E-state index in [1.165, 1.54) is 6.92 Å². The van der Waals surface area contributed by atoms with Crippen LogP contribution in [0, 0.1) is 5.92 Å². The second-order valence-electron chi connectivity index (χ2n) is 12.3. The third kappa shape index (κ3) is 4.69. The van der Waals surface area contributed by atoms with E-state index in [4.69, 9.17) is 15.7 Å². The van der Waals surface area contributed by atoms with Gasteiger partial charge in [0.1, 0.15) is 11.5 Å². The van der Waals surface area contributed by atoms with Gasteiger partial charge in [0, 0.05) is 52.5 Å². The molecule has 3 unspecified atom stereocenters. The van der Waals surface area contributed by atoms with E-state index in [0.29, 0.717) is 41.3 Å². The number of pyridine rings is 1. The molecule has 224 valence electrons. The maximum atomic E-state index is 13.8. The summed E-state index contributed by atoms with van der Waals surface area (Å²) in [5, 5.41) is 13.2. The Morgan fingerprint density at radius 2 is 1.73 bits per heavy atom. The summed E-state index contributed by atoms with van der Waals surface area (Å²) in [4.78, 5) is 38.7. The van der Waals surface area contributed by atoms with Gasteiger partial charge in [-0.2, -0.15) is 14.7 Å². The normalized spacial score (nSPS) is 23.0. The third-order valence-electron chi connectivity index (χ3n) is 9.53. The summed E-state index contributed by atoms with van der Waals surface area (Å²) in [5.41, 5.74) is 13.5. The summed E-state index contributed by atoms with van der Waals surface area (Å²) < 4.78 is 1.56. The highest BCUT2D eigenvalue weighted by Gasteiger charge is 2.47. The zero-order chi connectivity index (χ0) is 30.5. The van der Waals surface area contributed by atoms with Gasteiger partial charge in [-0.1, -0.05) is 43.3 Å². The molecule has 0 spiro atoms. The highest BCUT2D eigenvalue weighted by Crippen LogP contribution is 2.45. The van der Waals surface area contributed by atoms with Gasteiger partial charge < -0.3 is 10.6 Å². The number of carbonyl (C=O) groups is 2. The lowest BCUT2D eigenvalue weighted by Crippen LogP contribution is -2.50. The Hall–Kier alpha value is -4.73. The van der Waals surface area contributed by atoms with E-state index >= 15 is 0 Å². The van der Waals surface area contributed by atoms with Gasteiger partial charge in [0.15, 0.2) is 11.4 Å². The Labute approximate surface area is 256 Å². The Kier molecular flexibility index (Phi) is 7.07. The number of rotatable bonds is 6. The second-order valence-corrected chi connectivity index (χ2v) is 12.3. The predicted octanol–water partition coefficient (Wildman–Crippen LogP) is 5.73. The molecule has 6 heterocycles. The molecule has 2 bridgehead atoms. The molecule has 2 N–H and O–H groups in total. The molecule has 0 radical (unpaired) electrons. The van der Waals surface area contributed by atoms with Crippen LogP contribution in [-0.2, 0) is 4.79 Å². The molecule has 3 atom stereocenters. The first-order valence-corrected chi connectivity index (χ1v) is 15.5. The molecule has 0 saturated carbocycles. The van der Waals surface area contributed by atoms with Crippen molar-refractivity contribution in [2.75, 3.05) is 5.73 Å². The molecule has 10 nitrogen and oxygen atoms in total. The minimum atomic E-state index is -0.140. The Morgan fingerprint density at radius 3 is 2.39 bits per heavy atom. The largest absolute Gasteiger partial charge is 0.383 e. The molecule has 1 aromatic carbocycles. The number of Topliss-reactive ketones (excluding diaryl/α,β-unsaturated/α-hetero) is 1. The Morgan fingerprint density at radius 1 is 0.977 bits per heavy atom. The number of hydrogen-bond donors (Lipinski definition) is 1. The molecule has 44 heavy (non-hydrogen) atoms. The maximum absolute atomic E-state index is 13.8. The van der Waals surface area contributed by atoms with Crippen molar-refractivity contribution in [1.82, 2.24) is 24.5 Å². The average molecular weight is 589 g/mol. The van der Waals surface area contributed by atoms with Crippen molar-refractivity contribution in [3.05, 3.63) is 66.1 Å². The zero-order valence-corrected chi connectivity index (χ0v) is 25.3. The number of nitrogen functional groups attached to an aromatic ring is 1.